The molecule has 8 heteroatoms. The molecule has 0 saturated carbocycles. The minimum absolute atomic E-state index is 0. The quantitative estimate of drug-likeness (QED) is 0.100. The van der Waals surface area contributed by atoms with Crippen molar-refractivity contribution in [1.29, 1.82) is 0 Å². The average Bonchev–Trinajstić information content (AvgIpc) is 1.66. The minimum Gasteiger partial charge on any atom is -0.656 e. The molecule has 19 aromatic rings. The van der Waals surface area contributed by atoms with E-state index in [0.29, 0.717) is 11.8 Å². The van der Waals surface area contributed by atoms with Gasteiger partial charge in [-0.3, -0.25) is 9.97 Å². The van der Waals surface area contributed by atoms with E-state index >= 15 is 0 Å². The Kier molecular flexibility index (Phi) is 21.8. The van der Waals surface area contributed by atoms with Gasteiger partial charge >= 0.3 is 42.1 Å². The van der Waals surface area contributed by atoms with E-state index < -0.39 is 0 Å². The van der Waals surface area contributed by atoms with Gasteiger partial charge in [0, 0.05) is 12.4 Å². The van der Waals surface area contributed by atoms with Crippen molar-refractivity contribution in [3.05, 3.63) is 375 Å². The Morgan fingerprint density at radius 1 is 0.283 bits per heavy atom. The molecule has 6 nitrogen and oxygen atoms in total. The van der Waals surface area contributed by atoms with Crippen LogP contribution in [-0.4, -0.2) is 19.9 Å². The molecular weight excluding hydrogens is 1650 g/mol. The maximum Gasteiger partial charge on any atom is 2.00 e. The van der Waals surface area contributed by atoms with Crippen LogP contribution in [0, 0.1) is 12.1 Å². The topological polar surface area (TPSA) is 79.8 Å². The van der Waals surface area contributed by atoms with E-state index in [1.807, 2.05) is 91.3 Å². The second kappa shape index (κ2) is 32.5. The summed E-state index contributed by atoms with van der Waals surface area (Å²) < 4.78 is 0. The molecule has 0 bridgehead atoms. The number of rotatable bonds is 10. The molecule has 0 spiro atoms. The van der Waals surface area contributed by atoms with E-state index in [1.54, 1.807) is 0 Å². The third-order valence-electron chi connectivity index (χ3n) is 19.3. The maximum atomic E-state index is 5.17. The summed E-state index contributed by atoms with van der Waals surface area (Å²) in [6, 6.07) is 124. The van der Waals surface area contributed by atoms with Crippen molar-refractivity contribution in [2.24, 2.45) is 0 Å². The zero-order valence-electron chi connectivity index (χ0n) is 59.0. The number of benzene rings is 13. The van der Waals surface area contributed by atoms with Gasteiger partial charge in [-0.15, -0.1) is 98.2 Å². The van der Waals surface area contributed by atoms with E-state index in [4.69, 9.17) is 19.9 Å². The van der Waals surface area contributed by atoms with Crippen molar-refractivity contribution in [3.8, 4) is 89.8 Å². The van der Waals surface area contributed by atoms with Crippen LogP contribution in [-0.2, 0) is 42.1 Å². The predicted octanol–water partition coefficient (Wildman–Crippen LogP) is 25.5. The van der Waals surface area contributed by atoms with Gasteiger partial charge in [0.05, 0.1) is 34.2 Å². The van der Waals surface area contributed by atoms with Crippen molar-refractivity contribution in [3.63, 3.8) is 0 Å². The molecule has 0 amide bonds. The fourth-order valence-electron chi connectivity index (χ4n) is 14.2. The van der Waals surface area contributed by atoms with Crippen molar-refractivity contribution in [1.82, 2.24) is 29.9 Å². The van der Waals surface area contributed by atoms with Gasteiger partial charge in [-0.2, -0.15) is 0 Å². The molecule has 0 atom stereocenters. The SMILES string of the molecule is CC(C)c1cccc(C(C)C)c1-c1cc(-c2ccccn2)nc(-c2cccc3c2[n-]c2ccccc23)c1.[Pt+2].[Pt+2].[c-]1cc2ccccc2c2ccccc12.[c-]1ccc(-c2ccccc2)c2ccccc12.c1ccc(-c2ccc(-c3cc(-c4ccccn4)nc(-c4cccc5c4[n-]c4ccccc45)c3)cc2)cc1. The van der Waals surface area contributed by atoms with Crippen LogP contribution in [0.1, 0.15) is 50.7 Å². The summed E-state index contributed by atoms with van der Waals surface area (Å²) in [7, 11) is 0. The smallest absolute Gasteiger partial charge is 0.656 e. The molecule has 0 aliphatic heterocycles. The van der Waals surface area contributed by atoms with Crippen LogP contribution in [0.25, 0.3) is 166 Å². The van der Waals surface area contributed by atoms with Gasteiger partial charge in [0.2, 0.25) is 0 Å². The van der Waals surface area contributed by atoms with Crippen LogP contribution in [0.4, 0.5) is 0 Å². The summed E-state index contributed by atoms with van der Waals surface area (Å²) in [5, 5.41) is 12.1. The molecule has 0 unspecified atom stereocenters. The number of hydrogen-bond donors (Lipinski definition) is 0. The Balaban J connectivity index is 0.000000127. The van der Waals surface area contributed by atoms with Gasteiger partial charge in [-0.25, -0.2) is 9.97 Å². The average molecular weight is 1720 g/mol. The van der Waals surface area contributed by atoms with Gasteiger partial charge < -0.3 is 9.97 Å². The fraction of sp³-hybridized carbons (Fsp3) is 0.0612. The van der Waals surface area contributed by atoms with Gasteiger partial charge in [-0.05, 0) is 143 Å². The van der Waals surface area contributed by atoms with E-state index in [2.05, 4.69) is 311 Å². The molecule has 0 aliphatic rings. The van der Waals surface area contributed by atoms with Crippen LogP contribution in [0.15, 0.2) is 352 Å². The van der Waals surface area contributed by atoms with Crippen molar-refractivity contribution < 1.29 is 42.1 Å². The van der Waals surface area contributed by atoms with Crippen LogP contribution < -0.4 is 9.97 Å². The maximum absolute atomic E-state index is 5.17. The standard InChI is InChI=1S/C34H22N3.C34H30N3.C16H11.C14H9.2Pt/c1-2-9-23(10-3-1)24-16-18-25(19-17-24)26-21-32(36-33(22-26)31-15-6-7-20-35-31)29-13-8-12-28-27-11-4-5-14-30(27)37-34(28)29;1-21(2)24-12-9-13-25(22(3)4)33(24)23-19-31(36-32(20-23)30-17-7-8-18-35-30)28-15-10-14-27-26-11-5-6-16-29(26)37-34(27)28;1-2-7-13(8-3-1)16-12-6-10-14-9-4-5-11-15(14)16;1-3-7-13-11(5-1)9-10-12-6-2-4-8-14(12)13;;/h1-22H;5-22H,1-4H3;1-9,11-12H;1-9H;;/q4*-1;2*+2. The second-order valence-electron chi connectivity index (χ2n) is 26.6. The first-order valence-corrected chi connectivity index (χ1v) is 35.5. The molecule has 0 aliphatic carbocycles. The first-order valence-electron chi connectivity index (χ1n) is 35.5. The van der Waals surface area contributed by atoms with E-state index in [-0.39, 0.29) is 42.1 Å². The van der Waals surface area contributed by atoms with E-state index in [0.717, 1.165) is 94.6 Å². The molecule has 19 rings (SSSR count). The van der Waals surface area contributed by atoms with Crippen molar-refractivity contribution >= 4 is 75.9 Å². The third-order valence-corrected chi connectivity index (χ3v) is 19.3. The second-order valence-corrected chi connectivity index (χ2v) is 26.6. The van der Waals surface area contributed by atoms with Crippen LogP contribution in [0.2, 0.25) is 0 Å². The Bertz CT molecular complexity index is 6150. The van der Waals surface area contributed by atoms with E-state index in [1.165, 1.54) is 82.2 Å². The Labute approximate surface area is 647 Å². The summed E-state index contributed by atoms with van der Waals surface area (Å²) >= 11 is 0. The minimum atomic E-state index is 0. The monoisotopic (exact) mass is 1720 g/mol. The fourth-order valence-corrected chi connectivity index (χ4v) is 14.2. The molecule has 514 valence electrons. The van der Waals surface area contributed by atoms with Gasteiger partial charge in [0.25, 0.3) is 0 Å². The zero-order valence-corrected chi connectivity index (χ0v) is 63.5. The Hall–Kier alpha value is -11.8. The summed E-state index contributed by atoms with van der Waals surface area (Å²) in [4.78, 5) is 29.5. The molecular formula is C98H72N6Pt2. The van der Waals surface area contributed by atoms with E-state index in [9.17, 15) is 0 Å². The van der Waals surface area contributed by atoms with Crippen LogP contribution in [0.5, 0.6) is 0 Å². The Morgan fingerprint density at radius 2 is 0.698 bits per heavy atom. The first kappa shape index (κ1) is 71.2. The van der Waals surface area contributed by atoms with Crippen molar-refractivity contribution in [2.75, 3.05) is 0 Å². The number of nitrogens with zero attached hydrogens (tertiary/aromatic N) is 6. The molecule has 6 heterocycles. The zero-order chi connectivity index (χ0) is 70.3. The van der Waals surface area contributed by atoms with Gasteiger partial charge in [-0.1, -0.05) is 293 Å². The van der Waals surface area contributed by atoms with Crippen molar-refractivity contribution in [2.45, 2.75) is 39.5 Å². The summed E-state index contributed by atoms with van der Waals surface area (Å²) in [6.07, 6.45) is 3.64. The first-order chi connectivity index (χ1) is 51.2. The molecule has 13 aromatic carbocycles. The Morgan fingerprint density at radius 3 is 1.25 bits per heavy atom. The molecule has 106 heavy (non-hydrogen) atoms. The largest absolute Gasteiger partial charge is 2.00 e. The molecule has 0 saturated heterocycles. The van der Waals surface area contributed by atoms with Crippen LogP contribution >= 0.6 is 0 Å². The third kappa shape index (κ3) is 15.0. The summed E-state index contributed by atoms with van der Waals surface area (Å²) in [5.41, 5.74) is 23.6. The van der Waals surface area contributed by atoms with Crippen LogP contribution in [0.3, 0.4) is 0 Å². The normalized spacial score (nSPS) is 11.0. The number of para-hydroxylation sites is 4. The number of pyridine rings is 4. The number of hydrogen-bond acceptors (Lipinski definition) is 4. The van der Waals surface area contributed by atoms with Gasteiger partial charge in [0.15, 0.2) is 0 Å². The number of fused-ring (bicyclic) bond motifs is 10. The number of aromatic nitrogens is 6. The van der Waals surface area contributed by atoms with Gasteiger partial charge in [0.1, 0.15) is 0 Å². The molecule has 0 fully saturated rings. The molecule has 6 aromatic heterocycles. The summed E-state index contributed by atoms with van der Waals surface area (Å²) in [5.74, 6) is 0.795. The molecule has 0 N–H and O–H groups in total. The predicted molar refractivity (Wildman–Crippen MR) is 435 cm³/mol. The summed E-state index contributed by atoms with van der Waals surface area (Å²) in [6.45, 7) is 9.07. The molecule has 0 radical (unpaired) electrons.